The van der Waals surface area contributed by atoms with Crippen molar-refractivity contribution in [3.63, 3.8) is 0 Å². The van der Waals surface area contributed by atoms with Gasteiger partial charge in [0.1, 0.15) is 17.8 Å². The van der Waals surface area contributed by atoms with Crippen LogP contribution in [0.25, 0.3) is 0 Å². The minimum atomic E-state index is -1.04. The maximum Gasteiger partial charge on any atom is 0.318 e. The number of ketones is 1. The Morgan fingerprint density at radius 2 is 2.17 bits per heavy atom. The predicted octanol–water partition coefficient (Wildman–Crippen LogP) is 1.03. The fourth-order valence-electron chi connectivity index (χ4n) is 2.30. The Kier molecular flexibility index (Phi) is 3.81. The SMILES string of the molecule is O=C1C=CC(C(=O)O)C(OC2CCCC(O)C2)=C1. The summed E-state index contributed by atoms with van der Waals surface area (Å²) in [6.45, 7) is 0. The first-order valence-electron chi connectivity index (χ1n) is 6.07. The Hall–Kier alpha value is -1.62. The molecule has 0 aliphatic heterocycles. The van der Waals surface area contributed by atoms with E-state index in [0.29, 0.717) is 6.42 Å². The van der Waals surface area contributed by atoms with Crippen molar-refractivity contribution in [2.24, 2.45) is 5.92 Å². The maximum atomic E-state index is 11.3. The minimum absolute atomic E-state index is 0.175. The molecular formula is C13H16O5. The molecule has 2 rings (SSSR count). The van der Waals surface area contributed by atoms with Crippen LogP contribution in [0.2, 0.25) is 0 Å². The van der Waals surface area contributed by atoms with Gasteiger partial charge in [-0.2, -0.15) is 0 Å². The fourth-order valence-corrected chi connectivity index (χ4v) is 2.30. The Labute approximate surface area is 105 Å². The molecule has 98 valence electrons. The number of hydrogen-bond donors (Lipinski definition) is 2. The van der Waals surface area contributed by atoms with Crippen LogP contribution in [0.15, 0.2) is 24.0 Å². The summed E-state index contributed by atoms with van der Waals surface area (Å²) in [4.78, 5) is 22.3. The number of allylic oxidation sites excluding steroid dienone is 2. The number of ether oxygens (including phenoxy) is 1. The lowest BCUT2D eigenvalue weighted by molar-refractivity contribution is -0.140. The van der Waals surface area contributed by atoms with Gasteiger partial charge in [-0.05, 0) is 25.3 Å². The summed E-state index contributed by atoms with van der Waals surface area (Å²) in [7, 11) is 0. The van der Waals surface area contributed by atoms with Gasteiger partial charge in [-0.1, -0.05) is 6.08 Å². The average Bonchev–Trinajstić information content (AvgIpc) is 2.28. The van der Waals surface area contributed by atoms with Crippen molar-refractivity contribution in [3.05, 3.63) is 24.0 Å². The summed E-state index contributed by atoms with van der Waals surface area (Å²) in [5.41, 5.74) is 0. The third kappa shape index (κ3) is 2.98. The van der Waals surface area contributed by atoms with E-state index in [4.69, 9.17) is 9.84 Å². The number of aliphatic hydroxyl groups is 1. The second-order valence-electron chi connectivity index (χ2n) is 4.68. The molecule has 0 saturated heterocycles. The van der Waals surface area contributed by atoms with Crippen molar-refractivity contribution in [2.45, 2.75) is 37.9 Å². The van der Waals surface area contributed by atoms with E-state index in [-0.39, 0.29) is 17.6 Å². The van der Waals surface area contributed by atoms with Crippen molar-refractivity contribution in [1.82, 2.24) is 0 Å². The number of carboxylic acids is 1. The first-order chi connectivity index (χ1) is 8.56. The molecule has 0 aromatic heterocycles. The molecule has 2 aliphatic carbocycles. The summed E-state index contributed by atoms with van der Waals surface area (Å²) < 4.78 is 5.60. The number of carboxylic acid groups (broad SMARTS) is 1. The zero-order valence-corrected chi connectivity index (χ0v) is 9.91. The molecule has 5 nitrogen and oxygen atoms in total. The Morgan fingerprint density at radius 1 is 1.39 bits per heavy atom. The molecule has 3 unspecified atom stereocenters. The molecule has 0 amide bonds. The zero-order valence-electron chi connectivity index (χ0n) is 9.91. The first-order valence-corrected chi connectivity index (χ1v) is 6.07. The minimum Gasteiger partial charge on any atom is -0.493 e. The summed E-state index contributed by atoms with van der Waals surface area (Å²) in [5, 5.41) is 18.6. The van der Waals surface area contributed by atoms with E-state index in [1.807, 2.05) is 0 Å². The molecule has 0 aromatic rings. The highest BCUT2D eigenvalue weighted by molar-refractivity contribution is 6.02. The second-order valence-corrected chi connectivity index (χ2v) is 4.68. The van der Waals surface area contributed by atoms with Crippen molar-refractivity contribution >= 4 is 11.8 Å². The Balaban J connectivity index is 2.05. The molecule has 2 N–H and O–H groups in total. The maximum absolute atomic E-state index is 11.3. The van der Waals surface area contributed by atoms with Gasteiger partial charge < -0.3 is 14.9 Å². The van der Waals surface area contributed by atoms with Crippen LogP contribution in [0.5, 0.6) is 0 Å². The van der Waals surface area contributed by atoms with Crippen LogP contribution in [-0.2, 0) is 14.3 Å². The standard InChI is InChI=1S/C13H16O5/c14-8-2-1-3-10(6-8)18-12-7-9(15)4-5-11(12)13(16)17/h4-5,7-8,10-11,14H,1-3,6H2,(H,16,17). The number of hydrogen-bond acceptors (Lipinski definition) is 4. The van der Waals surface area contributed by atoms with E-state index in [0.717, 1.165) is 19.3 Å². The van der Waals surface area contributed by atoms with Gasteiger partial charge in [-0.15, -0.1) is 0 Å². The van der Waals surface area contributed by atoms with Crippen molar-refractivity contribution in [1.29, 1.82) is 0 Å². The van der Waals surface area contributed by atoms with Crippen molar-refractivity contribution < 1.29 is 24.5 Å². The van der Waals surface area contributed by atoms with Crippen LogP contribution < -0.4 is 0 Å². The zero-order chi connectivity index (χ0) is 13.1. The number of carbonyl (C=O) groups is 2. The van der Waals surface area contributed by atoms with Gasteiger partial charge in [0.2, 0.25) is 0 Å². The van der Waals surface area contributed by atoms with E-state index >= 15 is 0 Å². The lowest BCUT2D eigenvalue weighted by atomic mass is 9.94. The largest absolute Gasteiger partial charge is 0.493 e. The normalized spacial score (nSPS) is 31.9. The summed E-state index contributed by atoms with van der Waals surface area (Å²) in [6.07, 6.45) is 6.05. The van der Waals surface area contributed by atoms with E-state index in [1.165, 1.54) is 18.2 Å². The van der Waals surface area contributed by atoms with E-state index in [2.05, 4.69) is 0 Å². The summed E-state index contributed by atoms with van der Waals surface area (Å²) in [6, 6.07) is 0. The molecule has 5 heteroatoms. The summed E-state index contributed by atoms with van der Waals surface area (Å²) >= 11 is 0. The molecule has 0 spiro atoms. The molecule has 0 heterocycles. The number of aliphatic carboxylic acids is 1. The molecule has 0 bridgehead atoms. The number of aliphatic hydroxyl groups excluding tert-OH is 1. The smallest absolute Gasteiger partial charge is 0.318 e. The summed E-state index contributed by atoms with van der Waals surface area (Å²) in [5.74, 6) is -2.03. The predicted molar refractivity (Wildman–Crippen MR) is 62.7 cm³/mol. The average molecular weight is 252 g/mol. The van der Waals surface area contributed by atoms with Crippen LogP contribution in [-0.4, -0.2) is 34.2 Å². The fraction of sp³-hybridized carbons (Fsp3) is 0.538. The van der Waals surface area contributed by atoms with Gasteiger partial charge in [-0.25, -0.2) is 0 Å². The van der Waals surface area contributed by atoms with Crippen LogP contribution in [0.4, 0.5) is 0 Å². The van der Waals surface area contributed by atoms with Gasteiger partial charge in [0.15, 0.2) is 5.78 Å². The van der Waals surface area contributed by atoms with Crippen LogP contribution in [0.3, 0.4) is 0 Å². The monoisotopic (exact) mass is 252 g/mol. The highest BCUT2D eigenvalue weighted by Gasteiger charge is 2.29. The van der Waals surface area contributed by atoms with Gasteiger partial charge in [0.05, 0.1) is 6.10 Å². The molecular weight excluding hydrogens is 236 g/mol. The number of carbonyl (C=O) groups excluding carboxylic acids is 1. The van der Waals surface area contributed by atoms with Crippen molar-refractivity contribution in [3.8, 4) is 0 Å². The Bertz CT molecular complexity index is 410. The van der Waals surface area contributed by atoms with Crippen LogP contribution in [0, 0.1) is 5.92 Å². The number of rotatable bonds is 3. The molecule has 2 aliphatic rings. The van der Waals surface area contributed by atoms with E-state index < -0.39 is 18.0 Å². The highest BCUT2D eigenvalue weighted by Crippen LogP contribution is 2.27. The third-order valence-corrected chi connectivity index (χ3v) is 3.21. The van der Waals surface area contributed by atoms with Gasteiger partial charge in [0, 0.05) is 12.5 Å². The molecule has 3 atom stereocenters. The van der Waals surface area contributed by atoms with Crippen LogP contribution in [0.1, 0.15) is 25.7 Å². The quantitative estimate of drug-likeness (QED) is 0.783. The lowest BCUT2D eigenvalue weighted by Crippen LogP contribution is -2.29. The molecule has 18 heavy (non-hydrogen) atoms. The van der Waals surface area contributed by atoms with E-state index in [1.54, 1.807) is 0 Å². The molecule has 1 saturated carbocycles. The van der Waals surface area contributed by atoms with Gasteiger partial charge in [-0.3, -0.25) is 9.59 Å². The third-order valence-electron chi connectivity index (χ3n) is 3.21. The Morgan fingerprint density at radius 3 is 2.83 bits per heavy atom. The van der Waals surface area contributed by atoms with E-state index in [9.17, 15) is 14.7 Å². The van der Waals surface area contributed by atoms with Gasteiger partial charge in [0.25, 0.3) is 0 Å². The topological polar surface area (TPSA) is 83.8 Å². The molecule has 0 aromatic carbocycles. The molecule has 0 radical (unpaired) electrons. The first kappa shape index (κ1) is 12.8. The second kappa shape index (κ2) is 5.35. The van der Waals surface area contributed by atoms with Crippen molar-refractivity contribution in [2.75, 3.05) is 0 Å². The lowest BCUT2D eigenvalue weighted by Gasteiger charge is -2.29. The molecule has 1 fully saturated rings. The highest BCUT2D eigenvalue weighted by atomic mass is 16.5. The van der Waals surface area contributed by atoms with Crippen LogP contribution >= 0.6 is 0 Å². The van der Waals surface area contributed by atoms with Gasteiger partial charge >= 0.3 is 5.97 Å².